The lowest BCUT2D eigenvalue weighted by Gasteiger charge is -2.03. The number of nitrogens with one attached hydrogen (secondary N) is 1. The highest BCUT2D eigenvalue weighted by Gasteiger charge is 2.18. The average molecular weight is 428 g/mol. The molecule has 0 aliphatic rings. The third-order valence-electron chi connectivity index (χ3n) is 4.21. The lowest BCUT2D eigenvalue weighted by atomic mass is 10.1. The second kappa shape index (κ2) is 9.19. The standard InChI is InChI=1S/C20H18ClN5O4/c21-13-7-5-12(6-8-13)9-17(28)23-10-18(29)24-25-19-14-3-1-2-4-15(14)26(20(19)30)11-16(22)27/h1-8,30H,9-11H2,(H2,22,27)(H,23,28). The first kappa shape index (κ1) is 21.0. The molecule has 0 fully saturated rings. The van der Waals surface area contributed by atoms with Gasteiger partial charge in [-0.25, -0.2) is 0 Å². The number of carbonyl (C=O) groups excluding carboxylic acids is 3. The third kappa shape index (κ3) is 5.00. The van der Waals surface area contributed by atoms with Gasteiger partial charge in [-0.3, -0.25) is 14.4 Å². The number of primary amides is 1. The van der Waals surface area contributed by atoms with Crippen molar-refractivity contribution in [1.82, 2.24) is 9.88 Å². The highest BCUT2D eigenvalue weighted by atomic mass is 35.5. The molecule has 0 unspecified atom stereocenters. The largest absolute Gasteiger partial charge is 0.493 e. The van der Waals surface area contributed by atoms with E-state index in [-0.39, 0.29) is 37.0 Å². The van der Waals surface area contributed by atoms with Crippen LogP contribution in [0, 0.1) is 0 Å². The quantitative estimate of drug-likeness (QED) is 0.498. The summed E-state index contributed by atoms with van der Waals surface area (Å²) < 4.78 is 1.28. The van der Waals surface area contributed by atoms with Crippen molar-refractivity contribution in [1.29, 1.82) is 0 Å². The maximum Gasteiger partial charge on any atom is 0.283 e. The van der Waals surface area contributed by atoms with Crippen molar-refractivity contribution >= 4 is 45.9 Å². The number of hydrogen-bond acceptors (Lipinski definition) is 5. The summed E-state index contributed by atoms with van der Waals surface area (Å²) in [6, 6.07) is 13.6. The normalized spacial score (nSPS) is 11.1. The topological polar surface area (TPSA) is 139 Å². The highest BCUT2D eigenvalue weighted by molar-refractivity contribution is 6.30. The number of fused-ring (bicyclic) bond motifs is 1. The van der Waals surface area contributed by atoms with E-state index in [2.05, 4.69) is 15.5 Å². The number of azo groups is 1. The first-order valence-electron chi connectivity index (χ1n) is 8.89. The summed E-state index contributed by atoms with van der Waals surface area (Å²) in [5.41, 5.74) is 6.52. The van der Waals surface area contributed by atoms with Crippen LogP contribution >= 0.6 is 11.6 Å². The molecular weight excluding hydrogens is 410 g/mol. The van der Waals surface area contributed by atoms with Crippen molar-refractivity contribution in [3.8, 4) is 5.88 Å². The molecule has 3 rings (SSSR count). The van der Waals surface area contributed by atoms with Gasteiger partial charge in [0, 0.05) is 10.4 Å². The Hall–Kier alpha value is -3.72. The van der Waals surface area contributed by atoms with Gasteiger partial charge in [0.25, 0.3) is 5.91 Å². The molecule has 2 aromatic carbocycles. The second-order valence-corrected chi connectivity index (χ2v) is 6.85. The molecule has 9 nitrogen and oxygen atoms in total. The van der Waals surface area contributed by atoms with Crippen LogP contribution in [0.5, 0.6) is 5.88 Å². The van der Waals surface area contributed by atoms with Crippen LogP contribution in [0.2, 0.25) is 5.02 Å². The molecule has 1 heterocycles. The van der Waals surface area contributed by atoms with Crippen molar-refractivity contribution in [3.05, 3.63) is 59.1 Å². The van der Waals surface area contributed by atoms with Gasteiger partial charge in [0.1, 0.15) is 13.1 Å². The van der Waals surface area contributed by atoms with E-state index in [1.807, 2.05) is 0 Å². The fourth-order valence-corrected chi connectivity index (χ4v) is 2.98. The second-order valence-electron chi connectivity index (χ2n) is 6.42. The molecule has 3 amide bonds. The van der Waals surface area contributed by atoms with Gasteiger partial charge < -0.3 is 20.7 Å². The summed E-state index contributed by atoms with van der Waals surface area (Å²) >= 11 is 5.80. The fraction of sp³-hybridized carbons (Fsp3) is 0.150. The zero-order valence-electron chi connectivity index (χ0n) is 15.7. The molecule has 30 heavy (non-hydrogen) atoms. The minimum Gasteiger partial charge on any atom is -0.493 e. The van der Waals surface area contributed by atoms with Gasteiger partial charge in [-0.15, -0.1) is 10.2 Å². The SMILES string of the molecule is NC(=O)Cn1c(O)c(N=NC(=O)CNC(=O)Cc2ccc(Cl)cc2)c2ccccc21. The van der Waals surface area contributed by atoms with Crippen molar-refractivity contribution in [2.45, 2.75) is 13.0 Å². The van der Waals surface area contributed by atoms with E-state index in [1.165, 1.54) is 4.57 Å². The number of aromatic nitrogens is 1. The van der Waals surface area contributed by atoms with Crippen molar-refractivity contribution in [2.24, 2.45) is 16.0 Å². The predicted octanol–water partition coefficient (Wildman–Crippen LogP) is 2.45. The molecule has 0 atom stereocenters. The first-order chi connectivity index (χ1) is 14.3. The Morgan fingerprint density at radius 2 is 1.80 bits per heavy atom. The summed E-state index contributed by atoms with van der Waals surface area (Å²) in [5.74, 6) is -2.04. The molecule has 154 valence electrons. The smallest absolute Gasteiger partial charge is 0.283 e. The van der Waals surface area contributed by atoms with Gasteiger partial charge in [-0.1, -0.05) is 41.9 Å². The van der Waals surface area contributed by atoms with Crippen molar-refractivity contribution in [3.63, 3.8) is 0 Å². The van der Waals surface area contributed by atoms with E-state index >= 15 is 0 Å². The number of halogens is 1. The van der Waals surface area contributed by atoms with Crippen LogP contribution in [0.3, 0.4) is 0 Å². The van der Waals surface area contributed by atoms with Crippen LogP contribution in [0.1, 0.15) is 5.56 Å². The zero-order chi connectivity index (χ0) is 21.7. The van der Waals surface area contributed by atoms with Gasteiger partial charge in [0.05, 0.1) is 11.9 Å². The molecule has 10 heteroatoms. The minimum absolute atomic E-state index is 0.0349. The van der Waals surface area contributed by atoms with Gasteiger partial charge in [-0.2, -0.15) is 0 Å². The maximum atomic E-state index is 12.0. The molecule has 4 N–H and O–H groups in total. The lowest BCUT2D eigenvalue weighted by molar-refractivity contribution is -0.124. The highest BCUT2D eigenvalue weighted by Crippen LogP contribution is 2.38. The van der Waals surface area contributed by atoms with Crippen LogP contribution in [0.15, 0.2) is 58.8 Å². The molecule has 3 aromatic rings. The van der Waals surface area contributed by atoms with Crippen LogP contribution in [0.4, 0.5) is 5.69 Å². The Morgan fingerprint density at radius 1 is 1.10 bits per heavy atom. The van der Waals surface area contributed by atoms with Crippen LogP contribution in [0.25, 0.3) is 10.9 Å². The van der Waals surface area contributed by atoms with Crippen molar-refractivity contribution in [2.75, 3.05) is 6.54 Å². The van der Waals surface area contributed by atoms with Crippen LogP contribution in [-0.4, -0.2) is 33.9 Å². The summed E-state index contributed by atoms with van der Waals surface area (Å²) in [7, 11) is 0. The Bertz CT molecular complexity index is 1140. The summed E-state index contributed by atoms with van der Waals surface area (Å²) in [6.07, 6.45) is 0.0863. The van der Waals surface area contributed by atoms with E-state index in [0.29, 0.717) is 15.9 Å². The molecule has 1 aromatic heterocycles. The molecule has 0 bridgehead atoms. The molecule has 0 aliphatic heterocycles. The number of hydrogen-bond donors (Lipinski definition) is 3. The maximum absolute atomic E-state index is 12.0. The number of nitrogens with zero attached hydrogens (tertiary/aromatic N) is 3. The molecule has 0 radical (unpaired) electrons. The Labute approximate surface area is 176 Å². The van der Waals surface area contributed by atoms with Gasteiger partial charge in [0.15, 0.2) is 5.69 Å². The number of amides is 3. The number of para-hydroxylation sites is 1. The Morgan fingerprint density at radius 3 is 2.50 bits per heavy atom. The zero-order valence-corrected chi connectivity index (χ0v) is 16.5. The van der Waals surface area contributed by atoms with E-state index in [0.717, 1.165) is 5.56 Å². The van der Waals surface area contributed by atoms with E-state index < -0.39 is 11.8 Å². The predicted molar refractivity (Wildman–Crippen MR) is 110 cm³/mol. The number of carbonyl (C=O) groups is 3. The number of nitrogens with two attached hydrogens (primary N) is 1. The monoisotopic (exact) mass is 427 g/mol. The van der Waals surface area contributed by atoms with E-state index in [4.69, 9.17) is 17.3 Å². The Balaban J connectivity index is 1.66. The summed E-state index contributed by atoms with van der Waals surface area (Å²) in [6.45, 7) is -0.604. The number of aromatic hydroxyl groups is 1. The number of rotatable bonds is 7. The van der Waals surface area contributed by atoms with Gasteiger partial charge >= 0.3 is 0 Å². The van der Waals surface area contributed by atoms with Gasteiger partial charge in [-0.05, 0) is 23.8 Å². The van der Waals surface area contributed by atoms with E-state index in [1.54, 1.807) is 48.5 Å². The molecule has 0 spiro atoms. The third-order valence-corrected chi connectivity index (χ3v) is 4.46. The van der Waals surface area contributed by atoms with Crippen molar-refractivity contribution < 1.29 is 19.5 Å². The lowest BCUT2D eigenvalue weighted by Crippen LogP contribution is -2.29. The van der Waals surface area contributed by atoms with Crippen LogP contribution in [-0.2, 0) is 27.3 Å². The minimum atomic E-state index is -0.703. The molecular formula is C20H18ClN5O4. The first-order valence-corrected chi connectivity index (χ1v) is 9.27. The van der Waals surface area contributed by atoms with E-state index in [9.17, 15) is 19.5 Å². The summed E-state index contributed by atoms with van der Waals surface area (Å²) in [5, 5.41) is 21.3. The molecule has 0 saturated heterocycles. The van der Waals surface area contributed by atoms with Crippen LogP contribution < -0.4 is 11.1 Å². The average Bonchev–Trinajstić information content (AvgIpc) is 2.97. The molecule has 0 saturated carbocycles. The Kier molecular flexibility index (Phi) is 6.43. The van der Waals surface area contributed by atoms with Gasteiger partial charge in [0.2, 0.25) is 17.7 Å². The fourth-order valence-electron chi connectivity index (χ4n) is 2.85. The molecule has 0 aliphatic carbocycles. The summed E-state index contributed by atoms with van der Waals surface area (Å²) in [4.78, 5) is 35.2. The number of benzene rings is 2.